The van der Waals surface area contributed by atoms with Gasteiger partial charge in [0, 0.05) is 5.41 Å². The molecule has 76 valence electrons. The predicted octanol–water partition coefficient (Wildman–Crippen LogP) is 1.30. The van der Waals surface area contributed by atoms with Crippen molar-refractivity contribution in [1.82, 2.24) is 0 Å². The Morgan fingerprint density at radius 2 is 2.23 bits per heavy atom. The standard InChI is InChI=1S/C7H14N2O2S2/c1-2-3-5-13(10,11)6-4-12-7(8)9/h4,6H,2-3,5H2,1H3,(H3,8,9)/b6-4+. The first-order chi connectivity index (χ1) is 5.98. The minimum Gasteiger partial charge on any atom is -0.378 e. The number of nitrogens with one attached hydrogen (secondary N) is 1. The van der Waals surface area contributed by atoms with E-state index in [0.29, 0.717) is 6.42 Å². The van der Waals surface area contributed by atoms with Gasteiger partial charge < -0.3 is 5.73 Å². The Morgan fingerprint density at radius 3 is 2.69 bits per heavy atom. The Hall–Kier alpha value is -0.490. The van der Waals surface area contributed by atoms with Crippen LogP contribution in [0.15, 0.2) is 10.8 Å². The topological polar surface area (TPSA) is 84.0 Å². The van der Waals surface area contributed by atoms with Gasteiger partial charge in [0.05, 0.1) is 5.75 Å². The average molecular weight is 222 g/mol. The van der Waals surface area contributed by atoms with Gasteiger partial charge in [0.25, 0.3) is 0 Å². The number of hydrogen-bond acceptors (Lipinski definition) is 4. The molecule has 0 atom stereocenters. The summed E-state index contributed by atoms with van der Waals surface area (Å²) in [7, 11) is -3.09. The minimum atomic E-state index is -3.09. The van der Waals surface area contributed by atoms with Crippen molar-refractivity contribution in [3.63, 3.8) is 0 Å². The van der Waals surface area contributed by atoms with Gasteiger partial charge in [-0.05, 0) is 11.8 Å². The van der Waals surface area contributed by atoms with E-state index in [0.717, 1.165) is 23.6 Å². The van der Waals surface area contributed by atoms with E-state index < -0.39 is 9.84 Å². The molecule has 0 bridgehead atoms. The molecule has 0 aliphatic heterocycles. The number of amidine groups is 1. The van der Waals surface area contributed by atoms with E-state index in [9.17, 15) is 8.42 Å². The predicted molar refractivity (Wildman–Crippen MR) is 57.3 cm³/mol. The Bertz CT molecular complexity index is 283. The van der Waals surface area contributed by atoms with Crippen molar-refractivity contribution in [2.45, 2.75) is 19.8 Å². The zero-order valence-corrected chi connectivity index (χ0v) is 9.12. The molecule has 3 N–H and O–H groups in total. The molecule has 13 heavy (non-hydrogen) atoms. The fourth-order valence-corrected chi connectivity index (χ4v) is 2.47. The summed E-state index contributed by atoms with van der Waals surface area (Å²) in [6.45, 7) is 1.93. The first-order valence-corrected chi connectivity index (χ1v) is 6.47. The molecule has 0 amide bonds. The smallest absolute Gasteiger partial charge is 0.172 e. The number of sulfone groups is 1. The number of hydrogen-bond donors (Lipinski definition) is 2. The summed E-state index contributed by atoms with van der Waals surface area (Å²) in [5.74, 6) is 0.165. The Morgan fingerprint density at radius 1 is 1.62 bits per heavy atom. The van der Waals surface area contributed by atoms with E-state index in [4.69, 9.17) is 11.1 Å². The highest BCUT2D eigenvalue weighted by atomic mass is 32.2. The van der Waals surface area contributed by atoms with Crippen LogP contribution in [0.4, 0.5) is 0 Å². The molecular formula is C7H14N2O2S2. The van der Waals surface area contributed by atoms with Gasteiger partial charge in [-0.2, -0.15) is 0 Å². The second-order valence-electron chi connectivity index (χ2n) is 2.47. The number of rotatable bonds is 5. The molecule has 0 fully saturated rings. The van der Waals surface area contributed by atoms with Gasteiger partial charge in [0.1, 0.15) is 0 Å². The molecule has 0 unspecified atom stereocenters. The molecule has 0 aromatic carbocycles. The molecular weight excluding hydrogens is 208 g/mol. The average Bonchev–Trinajstić information content (AvgIpc) is 2.00. The van der Waals surface area contributed by atoms with Crippen LogP contribution in [0.3, 0.4) is 0 Å². The quantitative estimate of drug-likeness (QED) is 0.542. The molecule has 0 saturated heterocycles. The van der Waals surface area contributed by atoms with Crippen molar-refractivity contribution < 1.29 is 8.42 Å². The fraction of sp³-hybridized carbons (Fsp3) is 0.571. The van der Waals surface area contributed by atoms with Crippen LogP contribution in [0.2, 0.25) is 0 Å². The van der Waals surface area contributed by atoms with Crippen LogP contribution in [-0.2, 0) is 9.84 Å². The van der Waals surface area contributed by atoms with E-state index in [-0.39, 0.29) is 10.9 Å². The summed E-state index contributed by atoms with van der Waals surface area (Å²) in [6.07, 6.45) is 1.52. The summed E-state index contributed by atoms with van der Waals surface area (Å²) in [5, 5.41) is 9.16. The van der Waals surface area contributed by atoms with Gasteiger partial charge in [-0.1, -0.05) is 25.1 Å². The Kier molecular flexibility index (Phi) is 5.81. The summed E-state index contributed by atoms with van der Waals surface area (Å²) >= 11 is 0.893. The van der Waals surface area contributed by atoms with E-state index in [1.54, 1.807) is 0 Å². The monoisotopic (exact) mass is 222 g/mol. The van der Waals surface area contributed by atoms with Crippen LogP contribution in [0.5, 0.6) is 0 Å². The van der Waals surface area contributed by atoms with Gasteiger partial charge in [0.15, 0.2) is 15.0 Å². The van der Waals surface area contributed by atoms with Gasteiger partial charge >= 0.3 is 0 Å². The van der Waals surface area contributed by atoms with Gasteiger partial charge in [-0.15, -0.1) is 0 Å². The lowest BCUT2D eigenvalue weighted by Crippen LogP contribution is -2.03. The number of thioether (sulfide) groups is 1. The molecule has 0 aliphatic carbocycles. The maximum atomic E-state index is 11.2. The van der Waals surface area contributed by atoms with E-state index in [2.05, 4.69) is 0 Å². The maximum absolute atomic E-state index is 11.2. The molecule has 0 heterocycles. The second-order valence-corrected chi connectivity index (χ2v) is 5.43. The van der Waals surface area contributed by atoms with E-state index in [1.807, 2.05) is 6.92 Å². The van der Waals surface area contributed by atoms with Crippen molar-refractivity contribution in [2.24, 2.45) is 5.73 Å². The highest BCUT2D eigenvalue weighted by Crippen LogP contribution is 2.05. The van der Waals surface area contributed by atoms with Gasteiger partial charge in [-0.25, -0.2) is 8.42 Å². The first-order valence-electron chi connectivity index (χ1n) is 3.88. The third-order valence-electron chi connectivity index (χ3n) is 1.24. The lowest BCUT2D eigenvalue weighted by atomic mass is 10.4. The fourth-order valence-electron chi connectivity index (χ4n) is 0.599. The second kappa shape index (κ2) is 6.04. The zero-order chi connectivity index (χ0) is 10.3. The molecule has 4 nitrogen and oxygen atoms in total. The van der Waals surface area contributed by atoms with Crippen molar-refractivity contribution in [3.8, 4) is 0 Å². The Balaban J connectivity index is 4.02. The van der Waals surface area contributed by atoms with Crippen molar-refractivity contribution in [1.29, 1.82) is 5.41 Å². The third kappa shape index (κ3) is 7.86. The zero-order valence-electron chi connectivity index (χ0n) is 7.49. The summed E-state index contributed by atoms with van der Waals surface area (Å²) in [4.78, 5) is 0. The molecule has 0 rings (SSSR count). The van der Waals surface area contributed by atoms with Crippen LogP contribution >= 0.6 is 11.8 Å². The van der Waals surface area contributed by atoms with E-state index >= 15 is 0 Å². The van der Waals surface area contributed by atoms with Crippen molar-refractivity contribution in [2.75, 3.05) is 5.75 Å². The molecule has 0 aromatic heterocycles. The van der Waals surface area contributed by atoms with E-state index in [1.165, 1.54) is 5.41 Å². The Labute approximate surface area is 83.0 Å². The largest absolute Gasteiger partial charge is 0.378 e. The van der Waals surface area contributed by atoms with Crippen LogP contribution < -0.4 is 5.73 Å². The van der Waals surface area contributed by atoms with Gasteiger partial charge in [0.2, 0.25) is 0 Å². The lowest BCUT2D eigenvalue weighted by molar-refractivity contribution is 0.601. The van der Waals surface area contributed by atoms with Crippen LogP contribution in [0.25, 0.3) is 0 Å². The summed E-state index contributed by atoms with van der Waals surface area (Å²) in [6, 6.07) is 0. The van der Waals surface area contributed by atoms with Crippen LogP contribution in [0, 0.1) is 5.41 Å². The first kappa shape index (κ1) is 12.5. The molecule has 0 aromatic rings. The van der Waals surface area contributed by atoms with Crippen molar-refractivity contribution in [3.05, 3.63) is 10.8 Å². The summed E-state index contributed by atoms with van der Waals surface area (Å²) < 4.78 is 22.3. The van der Waals surface area contributed by atoms with Crippen molar-refractivity contribution >= 4 is 26.8 Å². The third-order valence-corrected chi connectivity index (χ3v) is 3.35. The molecule has 0 saturated carbocycles. The summed E-state index contributed by atoms with van der Waals surface area (Å²) in [5.41, 5.74) is 5.02. The van der Waals surface area contributed by atoms with Crippen LogP contribution in [0.1, 0.15) is 19.8 Å². The highest BCUT2D eigenvalue weighted by Gasteiger charge is 2.03. The number of nitrogens with two attached hydrogens (primary N) is 1. The number of unbranched alkanes of at least 4 members (excludes halogenated alkanes) is 1. The normalized spacial score (nSPS) is 12.1. The molecule has 6 heteroatoms. The molecule has 0 aliphatic rings. The minimum absolute atomic E-state index is 0.109. The lowest BCUT2D eigenvalue weighted by Gasteiger charge is -1.95. The SMILES string of the molecule is CCCCS(=O)(=O)/C=C/SC(=N)N. The highest BCUT2D eigenvalue weighted by molar-refractivity contribution is 8.16. The molecule has 0 radical (unpaired) electrons. The van der Waals surface area contributed by atoms with Gasteiger partial charge in [-0.3, -0.25) is 5.41 Å². The maximum Gasteiger partial charge on any atom is 0.172 e. The van der Waals surface area contributed by atoms with Crippen LogP contribution in [-0.4, -0.2) is 19.3 Å². The molecule has 0 spiro atoms.